The zero-order chi connectivity index (χ0) is 23.9. The molecule has 1 aliphatic rings. The molecular weight excluding hydrogens is 435 g/mol. The van der Waals surface area contributed by atoms with Gasteiger partial charge in [-0.15, -0.1) is 0 Å². The molecule has 7 nitrogen and oxygen atoms in total. The van der Waals surface area contributed by atoms with Crippen LogP contribution in [0.15, 0.2) is 73.1 Å². The summed E-state index contributed by atoms with van der Waals surface area (Å²) >= 11 is 0. The quantitative estimate of drug-likeness (QED) is 0.511. The van der Waals surface area contributed by atoms with Gasteiger partial charge in [-0.2, -0.15) is 0 Å². The number of anilines is 2. The van der Waals surface area contributed by atoms with E-state index in [9.17, 15) is 14.0 Å². The first kappa shape index (κ1) is 23.0. The molecule has 1 fully saturated rings. The van der Waals surface area contributed by atoms with Crippen molar-refractivity contribution in [3.8, 4) is 11.5 Å². The number of piperidine rings is 1. The van der Waals surface area contributed by atoms with Gasteiger partial charge in [-0.05, 0) is 60.9 Å². The van der Waals surface area contributed by atoms with Crippen molar-refractivity contribution in [1.82, 2.24) is 4.98 Å². The van der Waals surface area contributed by atoms with Crippen molar-refractivity contribution in [2.75, 3.05) is 23.3 Å². The number of nitrogens with one attached hydrogen (secondary N) is 1. The summed E-state index contributed by atoms with van der Waals surface area (Å²) in [5.74, 6) is -0.751. The molecule has 8 heteroatoms. The van der Waals surface area contributed by atoms with Crippen molar-refractivity contribution in [2.45, 2.75) is 12.8 Å². The third kappa shape index (κ3) is 5.78. The maximum absolute atomic E-state index is 14.4. The minimum atomic E-state index is -0.545. The third-order valence-corrected chi connectivity index (χ3v) is 5.65. The van der Waals surface area contributed by atoms with E-state index in [1.807, 2.05) is 24.3 Å². The van der Waals surface area contributed by atoms with Gasteiger partial charge in [0, 0.05) is 31.3 Å². The number of nitrogens with two attached hydrogens (primary N) is 1. The number of pyridine rings is 1. The topological polar surface area (TPSA) is 97.6 Å². The maximum atomic E-state index is 14.4. The van der Waals surface area contributed by atoms with Crippen LogP contribution in [0.1, 0.15) is 18.4 Å². The van der Waals surface area contributed by atoms with Gasteiger partial charge in [0.1, 0.15) is 5.75 Å². The third-order valence-electron chi connectivity index (χ3n) is 5.65. The van der Waals surface area contributed by atoms with Crippen LogP contribution in [0.5, 0.6) is 11.5 Å². The SMILES string of the molecule is NC(=O)C1CCN(c2ccccc2NC(=O)/C=C/c2ccc(Oc3cccnc3)c(F)c2)CC1. The molecule has 174 valence electrons. The van der Waals surface area contributed by atoms with Crippen molar-refractivity contribution in [3.63, 3.8) is 0 Å². The molecule has 0 bridgehead atoms. The van der Waals surface area contributed by atoms with Gasteiger partial charge in [0.25, 0.3) is 0 Å². The monoisotopic (exact) mass is 460 g/mol. The molecule has 1 saturated heterocycles. The highest BCUT2D eigenvalue weighted by Gasteiger charge is 2.24. The zero-order valence-electron chi connectivity index (χ0n) is 18.5. The molecule has 3 N–H and O–H groups in total. The molecule has 3 aromatic rings. The maximum Gasteiger partial charge on any atom is 0.248 e. The fourth-order valence-electron chi connectivity index (χ4n) is 3.84. The Morgan fingerprint density at radius 2 is 1.91 bits per heavy atom. The Kier molecular flexibility index (Phi) is 7.17. The second kappa shape index (κ2) is 10.6. The molecule has 1 aliphatic heterocycles. The molecule has 0 unspecified atom stereocenters. The molecule has 2 amide bonds. The summed E-state index contributed by atoms with van der Waals surface area (Å²) in [5, 5.41) is 2.89. The van der Waals surface area contributed by atoms with E-state index in [2.05, 4.69) is 15.2 Å². The van der Waals surface area contributed by atoms with Crippen molar-refractivity contribution in [2.24, 2.45) is 11.7 Å². The van der Waals surface area contributed by atoms with Crippen LogP contribution in [-0.2, 0) is 9.59 Å². The fourth-order valence-corrected chi connectivity index (χ4v) is 3.84. The summed E-state index contributed by atoms with van der Waals surface area (Å²) in [6.07, 6.45) is 7.36. The lowest BCUT2D eigenvalue weighted by molar-refractivity contribution is -0.122. The number of hydrogen-bond acceptors (Lipinski definition) is 5. The van der Waals surface area contributed by atoms with Crippen molar-refractivity contribution in [1.29, 1.82) is 0 Å². The number of para-hydroxylation sites is 2. The van der Waals surface area contributed by atoms with Gasteiger partial charge in [-0.25, -0.2) is 4.39 Å². The predicted octanol–water partition coefficient (Wildman–Crippen LogP) is 4.37. The van der Waals surface area contributed by atoms with Crippen LogP contribution in [0.2, 0.25) is 0 Å². The van der Waals surface area contributed by atoms with Crippen LogP contribution in [0, 0.1) is 11.7 Å². The second-order valence-corrected chi connectivity index (χ2v) is 7.98. The first-order valence-electron chi connectivity index (χ1n) is 11.0. The average Bonchev–Trinajstić information content (AvgIpc) is 2.85. The van der Waals surface area contributed by atoms with E-state index in [1.54, 1.807) is 24.4 Å². The van der Waals surface area contributed by atoms with Gasteiger partial charge in [0.05, 0.1) is 17.6 Å². The second-order valence-electron chi connectivity index (χ2n) is 7.98. The highest BCUT2D eigenvalue weighted by atomic mass is 19.1. The summed E-state index contributed by atoms with van der Waals surface area (Å²) in [6, 6.07) is 15.3. The van der Waals surface area contributed by atoms with Gasteiger partial charge in [0.15, 0.2) is 11.6 Å². The van der Waals surface area contributed by atoms with Gasteiger partial charge < -0.3 is 20.7 Å². The van der Waals surface area contributed by atoms with Crippen molar-refractivity contribution < 1.29 is 18.7 Å². The lowest BCUT2D eigenvalue weighted by Crippen LogP contribution is -2.38. The molecule has 2 aromatic carbocycles. The lowest BCUT2D eigenvalue weighted by Gasteiger charge is -2.33. The molecule has 0 aliphatic carbocycles. The van der Waals surface area contributed by atoms with E-state index < -0.39 is 5.82 Å². The zero-order valence-corrected chi connectivity index (χ0v) is 18.5. The summed E-state index contributed by atoms with van der Waals surface area (Å²) in [4.78, 5) is 30.0. The molecule has 0 atom stereocenters. The Labute approximate surface area is 197 Å². The normalized spacial score (nSPS) is 14.2. The highest BCUT2D eigenvalue weighted by Crippen LogP contribution is 2.30. The van der Waals surface area contributed by atoms with E-state index in [0.29, 0.717) is 42.9 Å². The standard InChI is InChI=1S/C26H25FN4O3/c27-21-16-18(7-9-24(21)34-20-4-3-13-29-17-20)8-10-25(32)30-22-5-1-2-6-23(22)31-14-11-19(12-15-31)26(28)33/h1-10,13,16-17,19H,11-12,14-15H2,(H2,28,33)(H,30,32)/b10-8+. The first-order valence-corrected chi connectivity index (χ1v) is 11.0. The largest absolute Gasteiger partial charge is 0.453 e. The Balaban J connectivity index is 1.39. The van der Waals surface area contributed by atoms with Crippen molar-refractivity contribution in [3.05, 3.63) is 84.4 Å². The number of amides is 2. The van der Waals surface area contributed by atoms with Crippen LogP contribution in [-0.4, -0.2) is 29.9 Å². The summed E-state index contributed by atoms with van der Waals surface area (Å²) < 4.78 is 19.9. The Bertz CT molecular complexity index is 1190. The van der Waals surface area contributed by atoms with E-state index in [4.69, 9.17) is 10.5 Å². The van der Waals surface area contributed by atoms with Gasteiger partial charge in [-0.1, -0.05) is 18.2 Å². The number of rotatable bonds is 7. The summed E-state index contributed by atoms with van der Waals surface area (Å²) in [6.45, 7) is 1.37. The number of aromatic nitrogens is 1. The summed E-state index contributed by atoms with van der Waals surface area (Å²) in [7, 11) is 0. The van der Waals surface area contributed by atoms with Crippen LogP contribution < -0.4 is 20.7 Å². The molecule has 0 radical (unpaired) electrons. The number of primary amides is 1. The summed E-state index contributed by atoms with van der Waals surface area (Å²) in [5.41, 5.74) is 7.50. The van der Waals surface area contributed by atoms with Gasteiger partial charge in [0.2, 0.25) is 11.8 Å². The predicted molar refractivity (Wildman–Crippen MR) is 129 cm³/mol. The number of hydrogen-bond donors (Lipinski definition) is 2. The van der Waals surface area contributed by atoms with Crippen LogP contribution >= 0.6 is 0 Å². The molecular formula is C26H25FN4O3. The Morgan fingerprint density at radius 1 is 1.12 bits per heavy atom. The number of benzene rings is 2. The Morgan fingerprint density at radius 3 is 2.62 bits per heavy atom. The molecule has 1 aromatic heterocycles. The molecule has 0 saturated carbocycles. The van der Waals surface area contributed by atoms with Crippen molar-refractivity contribution >= 4 is 29.3 Å². The van der Waals surface area contributed by atoms with Crippen LogP contribution in [0.25, 0.3) is 6.08 Å². The molecule has 2 heterocycles. The minimum absolute atomic E-state index is 0.0728. The van der Waals surface area contributed by atoms with E-state index in [1.165, 1.54) is 30.5 Å². The molecule has 34 heavy (non-hydrogen) atoms. The first-order chi connectivity index (χ1) is 16.5. The average molecular weight is 461 g/mol. The van der Waals surface area contributed by atoms with Crippen LogP contribution in [0.3, 0.4) is 0 Å². The van der Waals surface area contributed by atoms with E-state index in [-0.39, 0.29) is 23.5 Å². The molecule has 4 rings (SSSR count). The number of carbonyl (C=O) groups is 2. The Hall–Kier alpha value is -4.20. The minimum Gasteiger partial charge on any atom is -0.453 e. The van der Waals surface area contributed by atoms with Gasteiger partial charge >= 0.3 is 0 Å². The fraction of sp³-hybridized carbons (Fsp3) is 0.192. The number of nitrogens with zero attached hydrogens (tertiary/aromatic N) is 2. The van der Waals surface area contributed by atoms with E-state index in [0.717, 1.165) is 5.69 Å². The van der Waals surface area contributed by atoms with Gasteiger partial charge in [-0.3, -0.25) is 14.6 Å². The number of carbonyl (C=O) groups excluding carboxylic acids is 2. The van der Waals surface area contributed by atoms with E-state index >= 15 is 0 Å². The van der Waals surface area contributed by atoms with Crippen LogP contribution in [0.4, 0.5) is 15.8 Å². The smallest absolute Gasteiger partial charge is 0.248 e. The molecule has 0 spiro atoms. The number of halogens is 1. The number of ether oxygens (including phenoxy) is 1. The highest BCUT2D eigenvalue weighted by molar-refractivity contribution is 6.03. The lowest BCUT2D eigenvalue weighted by atomic mass is 9.96.